The maximum Gasteiger partial charge on any atom is 0.0638 e. The summed E-state index contributed by atoms with van der Waals surface area (Å²) in [4.78, 5) is 5.02. The Morgan fingerprint density at radius 2 is 2.46 bits per heavy atom. The Bertz CT molecular complexity index is 297. The molecular weight excluding hydrogens is 180 g/mol. The van der Waals surface area contributed by atoms with Crippen LogP contribution >= 0.6 is 11.8 Å². The molecule has 0 saturated heterocycles. The van der Waals surface area contributed by atoms with Crippen LogP contribution in [0, 0.1) is 0 Å². The Kier molecular flexibility index (Phi) is 3.83. The number of hydrogen-bond acceptors (Lipinski definition) is 3. The second-order valence-corrected chi connectivity index (χ2v) is 3.82. The molecule has 0 fully saturated rings. The molecule has 70 valence electrons. The van der Waals surface area contributed by atoms with Gasteiger partial charge < -0.3 is 5.73 Å². The molecule has 3 heteroatoms. The molecule has 0 aliphatic carbocycles. The minimum atomic E-state index is 0.747. The van der Waals surface area contributed by atoms with Gasteiger partial charge in [-0.05, 0) is 12.5 Å². The summed E-state index contributed by atoms with van der Waals surface area (Å²) in [5.41, 5.74) is 7.72. The number of aromatic nitrogens is 1. The van der Waals surface area contributed by atoms with E-state index in [4.69, 9.17) is 5.73 Å². The van der Waals surface area contributed by atoms with Crippen molar-refractivity contribution in [3.05, 3.63) is 30.6 Å². The molecule has 0 bridgehead atoms. The summed E-state index contributed by atoms with van der Waals surface area (Å²) in [5, 5.41) is 0. The van der Waals surface area contributed by atoms with E-state index < -0.39 is 0 Å². The number of rotatable bonds is 4. The van der Waals surface area contributed by atoms with Crippen molar-refractivity contribution in [1.82, 2.24) is 4.98 Å². The van der Waals surface area contributed by atoms with Crippen molar-refractivity contribution in [2.45, 2.75) is 18.2 Å². The average Bonchev–Trinajstić information content (AvgIpc) is 2.16. The van der Waals surface area contributed by atoms with Gasteiger partial charge >= 0.3 is 0 Å². The lowest BCUT2D eigenvalue weighted by Gasteiger charge is -2.04. The molecule has 1 aromatic heterocycles. The molecule has 0 unspecified atom stereocenters. The molecule has 0 atom stereocenters. The molecule has 0 radical (unpaired) electrons. The molecule has 1 rings (SSSR count). The van der Waals surface area contributed by atoms with Crippen LogP contribution in [-0.4, -0.2) is 10.7 Å². The standard InChI is InChI=1S/C10H14N2S/c1-3-8(2)7-13-10-4-5-12-6-9(10)11/h4-6H,2-3,7,11H2,1H3. The first-order chi connectivity index (χ1) is 6.24. The van der Waals surface area contributed by atoms with Crippen molar-refractivity contribution in [2.24, 2.45) is 0 Å². The Labute approximate surface area is 83.2 Å². The number of nitrogen functional groups attached to an aromatic ring is 1. The van der Waals surface area contributed by atoms with Gasteiger partial charge in [0.15, 0.2) is 0 Å². The molecule has 2 N–H and O–H groups in total. The minimum Gasteiger partial charge on any atom is -0.397 e. The third-order valence-electron chi connectivity index (χ3n) is 1.74. The van der Waals surface area contributed by atoms with Gasteiger partial charge in [0.25, 0.3) is 0 Å². The number of hydrogen-bond donors (Lipinski definition) is 1. The molecule has 1 heterocycles. The zero-order valence-electron chi connectivity index (χ0n) is 7.79. The Morgan fingerprint density at radius 3 is 3.08 bits per heavy atom. The van der Waals surface area contributed by atoms with Crippen molar-refractivity contribution < 1.29 is 0 Å². The highest BCUT2D eigenvalue weighted by molar-refractivity contribution is 7.99. The van der Waals surface area contributed by atoms with Crippen molar-refractivity contribution >= 4 is 17.4 Å². The van der Waals surface area contributed by atoms with Gasteiger partial charge in [0.05, 0.1) is 11.9 Å². The van der Waals surface area contributed by atoms with E-state index in [-0.39, 0.29) is 0 Å². The SMILES string of the molecule is C=C(CC)CSc1ccncc1N. The van der Waals surface area contributed by atoms with Crippen LogP contribution in [0.2, 0.25) is 0 Å². The number of thioether (sulfide) groups is 1. The number of anilines is 1. The second-order valence-electron chi connectivity index (χ2n) is 2.81. The van der Waals surface area contributed by atoms with Crippen LogP contribution in [0.15, 0.2) is 35.5 Å². The van der Waals surface area contributed by atoms with Gasteiger partial charge in [-0.2, -0.15) is 0 Å². The van der Waals surface area contributed by atoms with Gasteiger partial charge in [-0.25, -0.2) is 0 Å². The first-order valence-corrected chi connectivity index (χ1v) is 5.21. The molecule has 13 heavy (non-hydrogen) atoms. The van der Waals surface area contributed by atoms with Crippen LogP contribution in [0.5, 0.6) is 0 Å². The smallest absolute Gasteiger partial charge is 0.0638 e. The van der Waals surface area contributed by atoms with E-state index in [9.17, 15) is 0 Å². The van der Waals surface area contributed by atoms with Gasteiger partial charge in [0.2, 0.25) is 0 Å². The van der Waals surface area contributed by atoms with Crippen LogP contribution in [0.4, 0.5) is 5.69 Å². The highest BCUT2D eigenvalue weighted by atomic mass is 32.2. The second kappa shape index (κ2) is 4.92. The lowest BCUT2D eigenvalue weighted by Crippen LogP contribution is -1.91. The topological polar surface area (TPSA) is 38.9 Å². The fourth-order valence-corrected chi connectivity index (χ4v) is 1.75. The summed E-state index contributed by atoms with van der Waals surface area (Å²) in [6.07, 6.45) is 4.46. The van der Waals surface area contributed by atoms with Gasteiger partial charge in [-0.3, -0.25) is 4.98 Å². The number of pyridine rings is 1. The first kappa shape index (κ1) is 10.1. The van der Waals surface area contributed by atoms with Crippen molar-refractivity contribution in [2.75, 3.05) is 11.5 Å². The van der Waals surface area contributed by atoms with E-state index in [1.165, 1.54) is 5.57 Å². The highest BCUT2D eigenvalue weighted by Crippen LogP contribution is 2.25. The van der Waals surface area contributed by atoms with Crippen LogP contribution < -0.4 is 5.73 Å². The third-order valence-corrected chi connectivity index (χ3v) is 2.98. The zero-order valence-corrected chi connectivity index (χ0v) is 8.60. The van der Waals surface area contributed by atoms with Crippen molar-refractivity contribution in [3.8, 4) is 0 Å². The summed E-state index contributed by atoms with van der Waals surface area (Å²) in [6, 6.07) is 1.93. The van der Waals surface area contributed by atoms with Crippen LogP contribution in [0.1, 0.15) is 13.3 Å². The predicted octanol–water partition coefficient (Wildman–Crippen LogP) is 2.72. The van der Waals surface area contributed by atoms with E-state index >= 15 is 0 Å². The highest BCUT2D eigenvalue weighted by Gasteiger charge is 1.99. The van der Waals surface area contributed by atoms with E-state index in [0.717, 1.165) is 22.8 Å². The maximum atomic E-state index is 5.74. The zero-order chi connectivity index (χ0) is 9.68. The Hall–Kier alpha value is -0.960. The first-order valence-electron chi connectivity index (χ1n) is 4.23. The third kappa shape index (κ3) is 3.11. The summed E-state index contributed by atoms with van der Waals surface area (Å²) >= 11 is 1.72. The van der Waals surface area contributed by atoms with Crippen LogP contribution in [0.25, 0.3) is 0 Å². The normalized spacial score (nSPS) is 9.92. The average molecular weight is 194 g/mol. The van der Waals surface area contributed by atoms with E-state index in [1.807, 2.05) is 6.07 Å². The molecule has 0 aliphatic rings. The molecule has 0 aliphatic heterocycles. The fraction of sp³-hybridized carbons (Fsp3) is 0.300. The summed E-state index contributed by atoms with van der Waals surface area (Å²) in [6.45, 7) is 6.05. The van der Waals surface area contributed by atoms with Gasteiger partial charge in [0.1, 0.15) is 0 Å². The van der Waals surface area contributed by atoms with Gasteiger partial charge in [-0.1, -0.05) is 19.1 Å². The number of nitrogens with two attached hydrogens (primary N) is 1. The molecule has 0 spiro atoms. The van der Waals surface area contributed by atoms with Crippen molar-refractivity contribution in [3.63, 3.8) is 0 Å². The molecule has 1 aromatic rings. The summed E-state index contributed by atoms with van der Waals surface area (Å²) < 4.78 is 0. The lowest BCUT2D eigenvalue weighted by atomic mass is 10.3. The monoisotopic (exact) mass is 194 g/mol. The Morgan fingerprint density at radius 1 is 1.69 bits per heavy atom. The van der Waals surface area contributed by atoms with Gasteiger partial charge in [-0.15, -0.1) is 11.8 Å². The fourth-order valence-electron chi connectivity index (χ4n) is 0.807. The van der Waals surface area contributed by atoms with E-state index in [1.54, 1.807) is 24.2 Å². The number of nitrogens with zero attached hydrogens (tertiary/aromatic N) is 1. The maximum absolute atomic E-state index is 5.74. The molecule has 0 amide bonds. The quantitative estimate of drug-likeness (QED) is 0.591. The van der Waals surface area contributed by atoms with Crippen molar-refractivity contribution in [1.29, 1.82) is 0 Å². The molecule has 2 nitrogen and oxygen atoms in total. The Balaban J connectivity index is 2.54. The van der Waals surface area contributed by atoms with Crippen LogP contribution in [-0.2, 0) is 0 Å². The molecule has 0 aromatic carbocycles. The van der Waals surface area contributed by atoms with E-state index in [2.05, 4.69) is 18.5 Å². The predicted molar refractivity (Wildman–Crippen MR) is 58.8 cm³/mol. The largest absolute Gasteiger partial charge is 0.397 e. The molecular formula is C10H14N2S. The molecule has 0 saturated carbocycles. The summed E-state index contributed by atoms with van der Waals surface area (Å²) in [7, 11) is 0. The lowest BCUT2D eigenvalue weighted by molar-refractivity contribution is 1.12. The van der Waals surface area contributed by atoms with Crippen LogP contribution in [0.3, 0.4) is 0 Å². The van der Waals surface area contributed by atoms with E-state index in [0.29, 0.717) is 0 Å². The minimum absolute atomic E-state index is 0.747. The summed E-state index contributed by atoms with van der Waals surface area (Å²) in [5.74, 6) is 0.935. The van der Waals surface area contributed by atoms with Gasteiger partial charge in [0, 0.05) is 16.8 Å².